The Morgan fingerprint density at radius 2 is 1.93 bits per heavy atom. The smallest absolute Gasteiger partial charge is 0.282 e. The van der Waals surface area contributed by atoms with Crippen LogP contribution in [-0.4, -0.2) is 17.9 Å². The van der Waals surface area contributed by atoms with Crippen molar-refractivity contribution in [2.45, 2.75) is 4.90 Å². The Morgan fingerprint density at radius 3 is 2.36 bits per heavy atom. The zero-order valence-corrected chi connectivity index (χ0v) is 10.8. The number of benzene rings is 1. The third kappa shape index (κ3) is 3.56. The molecule has 0 saturated carbocycles. The molecule has 0 aliphatic carbocycles. The summed E-state index contributed by atoms with van der Waals surface area (Å²) in [6.07, 6.45) is 0. The maximum Gasteiger partial charge on any atom is 0.294 e. The number of nitro benzene ring substituents is 1. The third-order valence-electron chi connectivity index (χ3n) is 1.33. The molecular formula is C6H5NNdO5S. The van der Waals surface area contributed by atoms with E-state index in [9.17, 15) is 18.5 Å². The van der Waals surface area contributed by atoms with Gasteiger partial charge in [-0.25, -0.2) is 0 Å². The molecule has 0 bridgehead atoms. The van der Waals surface area contributed by atoms with Crippen molar-refractivity contribution in [1.82, 2.24) is 0 Å². The second-order valence-corrected chi connectivity index (χ2v) is 3.65. The summed E-state index contributed by atoms with van der Waals surface area (Å²) in [4.78, 5) is 8.98. The molecule has 8 heteroatoms. The summed E-state index contributed by atoms with van der Waals surface area (Å²) in [5.41, 5.74) is -0.380. The Bertz CT molecular complexity index is 443. The number of nitrogens with zero attached hydrogens (tertiary/aromatic N) is 1. The largest absolute Gasteiger partial charge is 0.294 e. The minimum atomic E-state index is -4.36. The first-order valence-electron chi connectivity index (χ1n) is 3.13. The molecule has 0 unspecified atom stereocenters. The van der Waals surface area contributed by atoms with E-state index in [2.05, 4.69) is 0 Å². The van der Waals surface area contributed by atoms with E-state index < -0.39 is 19.9 Å². The molecular weight excluding hydrogens is 342 g/mol. The second kappa shape index (κ2) is 5.10. The predicted octanol–water partition coefficient (Wildman–Crippen LogP) is 0.842. The van der Waals surface area contributed by atoms with Crippen molar-refractivity contribution in [3.05, 3.63) is 34.4 Å². The van der Waals surface area contributed by atoms with Crippen molar-refractivity contribution in [3.63, 3.8) is 0 Å². The third-order valence-corrected chi connectivity index (χ3v) is 2.18. The molecule has 0 heterocycles. The molecule has 6 nitrogen and oxygen atoms in total. The number of non-ortho nitro benzene ring substituents is 1. The Morgan fingerprint density at radius 1 is 1.36 bits per heavy atom. The van der Waals surface area contributed by atoms with Gasteiger partial charge < -0.3 is 0 Å². The van der Waals surface area contributed by atoms with Crippen molar-refractivity contribution in [3.8, 4) is 0 Å². The van der Waals surface area contributed by atoms with Crippen molar-refractivity contribution in [1.29, 1.82) is 0 Å². The van der Waals surface area contributed by atoms with Gasteiger partial charge in [-0.15, -0.1) is 0 Å². The average molecular weight is 347 g/mol. The van der Waals surface area contributed by atoms with Gasteiger partial charge in [-0.05, 0) is 6.07 Å². The van der Waals surface area contributed by atoms with E-state index in [1.54, 1.807) is 0 Å². The molecule has 0 aliphatic heterocycles. The summed E-state index contributed by atoms with van der Waals surface area (Å²) in [6.45, 7) is 0. The molecule has 1 rings (SSSR count). The maximum atomic E-state index is 10.5. The molecule has 0 spiro atoms. The normalized spacial score (nSPS) is 10.4. The molecule has 14 heavy (non-hydrogen) atoms. The fourth-order valence-corrected chi connectivity index (χ4v) is 1.28. The SMILES string of the molecule is O=[N+]([O-])c1cccc(S(=O)(=O)O)c1.[Nd]. The number of nitro groups is 1. The molecule has 1 N–H and O–H groups in total. The number of rotatable bonds is 2. The van der Waals surface area contributed by atoms with Crippen LogP contribution in [0.25, 0.3) is 0 Å². The van der Waals surface area contributed by atoms with Gasteiger partial charge >= 0.3 is 0 Å². The first kappa shape index (κ1) is 13.9. The zero-order valence-electron chi connectivity index (χ0n) is 6.75. The Balaban J connectivity index is 0.00000169. The molecule has 0 aromatic heterocycles. The van der Waals surface area contributed by atoms with Gasteiger partial charge in [-0.3, -0.25) is 14.7 Å². The van der Waals surface area contributed by atoms with E-state index in [1.807, 2.05) is 0 Å². The zero-order chi connectivity index (χ0) is 10.1. The minimum Gasteiger partial charge on any atom is -0.282 e. The molecule has 1 aromatic carbocycles. The van der Waals surface area contributed by atoms with Crippen LogP contribution in [0, 0.1) is 51.0 Å². The van der Waals surface area contributed by atoms with E-state index in [0.717, 1.165) is 18.2 Å². The van der Waals surface area contributed by atoms with Crippen LogP contribution < -0.4 is 0 Å². The Hall–Kier alpha value is -0.119. The van der Waals surface area contributed by atoms with Crippen LogP contribution in [0.5, 0.6) is 0 Å². The van der Waals surface area contributed by atoms with Crippen LogP contribution in [0.1, 0.15) is 0 Å². The first-order valence-corrected chi connectivity index (χ1v) is 4.57. The van der Waals surface area contributed by atoms with E-state index in [1.165, 1.54) is 6.07 Å². The summed E-state index contributed by atoms with van der Waals surface area (Å²) >= 11 is 0. The molecule has 0 aliphatic rings. The van der Waals surface area contributed by atoms with Crippen LogP contribution >= 0.6 is 0 Å². The number of hydrogen-bond acceptors (Lipinski definition) is 4. The summed E-state index contributed by atoms with van der Waals surface area (Å²) in [6, 6.07) is 4.17. The molecule has 0 radical (unpaired) electrons. The summed E-state index contributed by atoms with van der Waals surface area (Å²) in [5, 5.41) is 10.2. The van der Waals surface area contributed by atoms with Crippen molar-refractivity contribution in [2.75, 3.05) is 0 Å². The van der Waals surface area contributed by atoms with Gasteiger partial charge in [0.1, 0.15) is 4.90 Å². The first-order chi connectivity index (χ1) is 5.91. The summed E-state index contributed by atoms with van der Waals surface area (Å²) in [7, 11) is -4.36. The fourth-order valence-electron chi connectivity index (χ4n) is 0.758. The van der Waals surface area contributed by atoms with Crippen molar-refractivity contribution < 1.29 is 58.7 Å². The van der Waals surface area contributed by atoms with Gasteiger partial charge in [-0.1, -0.05) is 6.07 Å². The molecule has 0 amide bonds. The van der Waals surface area contributed by atoms with Crippen LogP contribution in [0.2, 0.25) is 0 Å². The van der Waals surface area contributed by atoms with Gasteiger partial charge in [0, 0.05) is 53.0 Å². The quantitative estimate of drug-likeness (QED) is 0.486. The number of hydrogen-bond donors (Lipinski definition) is 1. The van der Waals surface area contributed by atoms with E-state index in [-0.39, 0.29) is 46.5 Å². The van der Waals surface area contributed by atoms with Crippen LogP contribution in [0.15, 0.2) is 29.2 Å². The average Bonchev–Trinajstić information content (AvgIpc) is 2.03. The molecule has 0 saturated heterocycles. The summed E-state index contributed by atoms with van der Waals surface area (Å²) < 4.78 is 29.6. The maximum absolute atomic E-state index is 10.5. The second-order valence-electron chi connectivity index (χ2n) is 2.23. The van der Waals surface area contributed by atoms with Gasteiger partial charge in [0.05, 0.1) is 4.92 Å². The van der Waals surface area contributed by atoms with Crippen LogP contribution in [0.4, 0.5) is 5.69 Å². The van der Waals surface area contributed by atoms with E-state index >= 15 is 0 Å². The molecule has 0 fully saturated rings. The molecule has 1 aromatic rings. The summed E-state index contributed by atoms with van der Waals surface area (Å²) in [5.74, 6) is 0. The topological polar surface area (TPSA) is 97.5 Å². The van der Waals surface area contributed by atoms with E-state index in [0.29, 0.717) is 0 Å². The Labute approximate surface area is 113 Å². The van der Waals surface area contributed by atoms with Crippen LogP contribution in [0.3, 0.4) is 0 Å². The molecule has 0 atom stereocenters. The van der Waals surface area contributed by atoms with Crippen molar-refractivity contribution >= 4 is 15.8 Å². The predicted molar refractivity (Wildman–Crippen MR) is 42.9 cm³/mol. The van der Waals surface area contributed by atoms with Gasteiger partial charge in [0.15, 0.2) is 0 Å². The van der Waals surface area contributed by atoms with Crippen molar-refractivity contribution in [2.24, 2.45) is 0 Å². The fraction of sp³-hybridized carbons (Fsp3) is 0. The van der Waals surface area contributed by atoms with Crippen LogP contribution in [-0.2, 0) is 10.1 Å². The standard InChI is InChI=1S/C6H5NO5S.Nd/c8-7(9)5-2-1-3-6(4-5)13(10,11)12;/h1-4H,(H,10,11,12);. The minimum absolute atomic E-state index is 0. The molecule has 74 valence electrons. The Kier molecular flexibility index (Phi) is 5.06. The van der Waals surface area contributed by atoms with Gasteiger partial charge in [0.2, 0.25) is 0 Å². The monoisotopic (exact) mass is 345 g/mol. The van der Waals surface area contributed by atoms with Gasteiger partial charge in [-0.2, -0.15) is 8.42 Å². The van der Waals surface area contributed by atoms with E-state index in [4.69, 9.17) is 4.55 Å². The van der Waals surface area contributed by atoms with Gasteiger partial charge in [0.25, 0.3) is 15.8 Å².